The zero-order valence-corrected chi connectivity index (χ0v) is 17.2. The molecule has 0 aromatic heterocycles. The maximum atomic E-state index is 12.4. The number of carbonyl (C=O) groups is 1. The molecule has 1 amide bonds. The number of carbonyl (C=O) groups excluding carboxylic acids is 1. The number of rotatable bonds is 10. The molecule has 1 fully saturated rings. The summed E-state index contributed by atoms with van der Waals surface area (Å²) in [7, 11) is 0. The summed E-state index contributed by atoms with van der Waals surface area (Å²) in [5.74, 6) is 2.12. The number of halogens is 1. The third-order valence-corrected chi connectivity index (χ3v) is 4.68. The van der Waals surface area contributed by atoms with E-state index in [1.807, 2.05) is 32.0 Å². The summed E-state index contributed by atoms with van der Waals surface area (Å²) in [4.78, 5) is 12.4. The summed E-state index contributed by atoms with van der Waals surface area (Å²) >= 11 is 0. The second kappa shape index (κ2) is 11.3. The van der Waals surface area contributed by atoms with Gasteiger partial charge in [-0.3, -0.25) is 4.79 Å². The average molecular weight is 385 g/mol. The zero-order valence-electron chi connectivity index (χ0n) is 16.3. The van der Waals surface area contributed by atoms with Crippen LogP contribution < -0.4 is 20.1 Å². The van der Waals surface area contributed by atoms with Gasteiger partial charge in [0, 0.05) is 5.92 Å². The number of hydrogen-bond donors (Lipinski definition) is 2. The molecule has 0 radical (unpaired) electrons. The first-order chi connectivity index (χ1) is 12.1. The van der Waals surface area contributed by atoms with Crippen molar-refractivity contribution in [1.82, 2.24) is 10.6 Å². The smallest absolute Gasteiger partial charge is 0.223 e. The maximum absolute atomic E-state index is 12.4. The fraction of sp³-hybridized carbons (Fsp3) is 0.650. The van der Waals surface area contributed by atoms with Gasteiger partial charge < -0.3 is 20.1 Å². The fourth-order valence-corrected chi connectivity index (χ4v) is 2.76. The topological polar surface area (TPSA) is 59.6 Å². The molecule has 1 saturated heterocycles. The summed E-state index contributed by atoms with van der Waals surface area (Å²) < 4.78 is 11.6. The molecule has 1 aliphatic rings. The van der Waals surface area contributed by atoms with Crippen molar-refractivity contribution < 1.29 is 14.3 Å². The lowest BCUT2D eigenvalue weighted by atomic mass is 9.88. The molecule has 2 unspecified atom stereocenters. The molecule has 2 atom stereocenters. The first-order valence-corrected chi connectivity index (χ1v) is 9.47. The number of hydrogen-bond acceptors (Lipinski definition) is 4. The summed E-state index contributed by atoms with van der Waals surface area (Å²) in [6.07, 6.45) is 1.89. The molecule has 148 valence electrons. The molecule has 0 aliphatic carbocycles. The summed E-state index contributed by atoms with van der Waals surface area (Å²) in [6.45, 7) is 11.4. The summed E-state index contributed by atoms with van der Waals surface area (Å²) in [6, 6.07) is 5.87. The van der Waals surface area contributed by atoms with Gasteiger partial charge in [-0.2, -0.15) is 0 Å². The van der Waals surface area contributed by atoms with Gasteiger partial charge >= 0.3 is 0 Å². The molecule has 1 aliphatic heterocycles. The molecule has 0 bridgehead atoms. The molecule has 26 heavy (non-hydrogen) atoms. The number of amides is 1. The van der Waals surface area contributed by atoms with E-state index in [9.17, 15) is 4.79 Å². The molecule has 6 heteroatoms. The number of benzene rings is 1. The highest BCUT2D eigenvalue weighted by Crippen LogP contribution is 2.31. The Bertz CT molecular complexity index is 564. The van der Waals surface area contributed by atoms with E-state index in [0.717, 1.165) is 43.0 Å². The standard InChI is InChI=1S/C20H32N2O3.ClH/c1-5-9-24-18-8-7-16(11-19(18)25-10-6-2)15(4)22-20(23)14(3)17-12-21-13-17;/h7-8,11,14-15,17,21H,5-6,9-10,12-13H2,1-4H3,(H,22,23);1H. The molecule has 1 aromatic carbocycles. The third kappa shape index (κ3) is 6.06. The van der Waals surface area contributed by atoms with E-state index in [4.69, 9.17) is 9.47 Å². The van der Waals surface area contributed by atoms with E-state index in [1.165, 1.54) is 0 Å². The zero-order chi connectivity index (χ0) is 18.2. The van der Waals surface area contributed by atoms with Crippen LogP contribution in [0.1, 0.15) is 52.1 Å². The van der Waals surface area contributed by atoms with Crippen LogP contribution in [0.5, 0.6) is 11.5 Å². The van der Waals surface area contributed by atoms with E-state index in [-0.39, 0.29) is 30.3 Å². The number of ether oxygens (including phenoxy) is 2. The van der Waals surface area contributed by atoms with Gasteiger partial charge in [0.1, 0.15) is 0 Å². The van der Waals surface area contributed by atoms with Gasteiger partial charge in [-0.25, -0.2) is 0 Å². The Balaban J connectivity index is 0.00000338. The predicted octanol–water partition coefficient (Wildman–Crippen LogP) is 3.72. The monoisotopic (exact) mass is 384 g/mol. The van der Waals surface area contributed by atoms with Gasteiger partial charge in [-0.15, -0.1) is 12.4 Å². The van der Waals surface area contributed by atoms with Crippen LogP contribution in [0.25, 0.3) is 0 Å². The van der Waals surface area contributed by atoms with E-state index in [1.54, 1.807) is 0 Å². The van der Waals surface area contributed by atoms with Gasteiger partial charge in [-0.1, -0.05) is 26.8 Å². The van der Waals surface area contributed by atoms with Crippen molar-refractivity contribution in [3.8, 4) is 11.5 Å². The minimum atomic E-state index is -0.0628. The summed E-state index contributed by atoms with van der Waals surface area (Å²) in [5.41, 5.74) is 1.03. The molecule has 2 N–H and O–H groups in total. The van der Waals surface area contributed by atoms with E-state index in [0.29, 0.717) is 19.1 Å². The molecule has 2 rings (SSSR count). The lowest BCUT2D eigenvalue weighted by molar-refractivity contribution is -0.127. The Morgan fingerprint density at radius 2 is 1.77 bits per heavy atom. The van der Waals surface area contributed by atoms with Crippen molar-refractivity contribution in [2.45, 2.75) is 46.6 Å². The van der Waals surface area contributed by atoms with Gasteiger partial charge in [0.25, 0.3) is 0 Å². The first kappa shape index (κ1) is 22.6. The molecular formula is C20H33ClN2O3. The van der Waals surface area contributed by atoms with Crippen LogP contribution in [-0.4, -0.2) is 32.2 Å². The highest BCUT2D eigenvalue weighted by molar-refractivity contribution is 5.85. The van der Waals surface area contributed by atoms with Gasteiger partial charge in [0.2, 0.25) is 5.91 Å². The van der Waals surface area contributed by atoms with Crippen LogP contribution in [0.15, 0.2) is 18.2 Å². The first-order valence-electron chi connectivity index (χ1n) is 9.47. The molecular weight excluding hydrogens is 352 g/mol. The molecule has 0 spiro atoms. The van der Waals surface area contributed by atoms with Crippen LogP contribution in [0, 0.1) is 11.8 Å². The van der Waals surface area contributed by atoms with E-state index >= 15 is 0 Å². The predicted molar refractivity (Wildman–Crippen MR) is 107 cm³/mol. The second-order valence-corrected chi connectivity index (χ2v) is 6.84. The van der Waals surface area contributed by atoms with Crippen LogP contribution >= 0.6 is 12.4 Å². The number of nitrogens with one attached hydrogen (secondary N) is 2. The van der Waals surface area contributed by atoms with Gasteiger partial charge in [-0.05, 0) is 56.5 Å². The summed E-state index contributed by atoms with van der Waals surface area (Å²) in [5, 5.41) is 6.35. The Morgan fingerprint density at radius 3 is 2.31 bits per heavy atom. The Morgan fingerprint density at radius 1 is 1.15 bits per heavy atom. The molecule has 0 saturated carbocycles. The van der Waals surface area contributed by atoms with Crippen molar-refractivity contribution in [1.29, 1.82) is 0 Å². The van der Waals surface area contributed by atoms with Crippen LogP contribution in [0.2, 0.25) is 0 Å². The highest BCUT2D eigenvalue weighted by atomic mass is 35.5. The van der Waals surface area contributed by atoms with Crippen molar-refractivity contribution >= 4 is 18.3 Å². The Kier molecular flexibility index (Phi) is 9.81. The van der Waals surface area contributed by atoms with Crippen LogP contribution in [-0.2, 0) is 4.79 Å². The van der Waals surface area contributed by atoms with Crippen molar-refractivity contribution in [3.63, 3.8) is 0 Å². The fourth-order valence-electron chi connectivity index (χ4n) is 2.76. The van der Waals surface area contributed by atoms with Crippen molar-refractivity contribution in [3.05, 3.63) is 23.8 Å². The van der Waals surface area contributed by atoms with Crippen LogP contribution in [0.4, 0.5) is 0 Å². The minimum absolute atomic E-state index is 0. The Hall–Kier alpha value is -1.46. The third-order valence-electron chi connectivity index (χ3n) is 4.68. The Labute approximate surface area is 163 Å². The highest BCUT2D eigenvalue weighted by Gasteiger charge is 2.29. The van der Waals surface area contributed by atoms with Gasteiger partial charge in [0.05, 0.1) is 19.3 Å². The normalized spacial score (nSPS) is 16.0. The second-order valence-electron chi connectivity index (χ2n) is 6.84. The molecule has 1 heterocycles. The van der Waals surface area contributed by atoms with Crippen molar-refractivity contribution in [2.75, 3.05) is 26.3 Å². The van der Waals surface area contributed by atoms with E-state index < -0.39 is 0 Å². The van der Waals surface area contributed by atoms with Gasteiger partial charge in [0.15, 0.2) is 11.5 Å². The van der Waals surface area contributed by atoms with Crippen molar-refractivity contribution in [2.24, 2.45) is 11.8 Å². The molecule has 1 aromatic rings. The minimum Gasteiger partial charge on any atom is -0.490 e. The largest absolute Gasteiger partial charge is 0.490 e. The SMILES string of the molecule is CCCOc1ccc(C(C)NC(=O)C(C)C2CNC2)cc1OCCC.Cl. The maximum Gasteiger partial charge on any atom is 0.223 e. The average Bonchev–Trinajstić information content (AvgIpc) is 2.56. The molecule has 5 nitrogen and oxygen atoms in total. The van der Waals surface area contributed by atoms with Crippen LogP contribution in [0.3, 0.4) is 0 Å². The lowest BCUT2D eigenvalue weighted by Crippen LogP contribution is -2.49. The van der Waals surface area contributed by atoms with E-state index in [2.05, 4.69) is 24.5 Å². The quantitative estimate of drug-likeness (QED) is 0.645. The lowest BCUT2D eigenvalue weighted by Gasteiger charge is -2.32.